The number of aryl methyl sites for hydroxylation is 1. The molecule has 0 spiro atoms. The third-order valence-electron chi connectivity index (χ3n) is 4.03. The number of rotatable bonds is 6. The molecule has 3 rings (SSSR count). The van der Waals surface area contributed by atoms with E-state index < -0.39 is 6.10 Å². The first-order valence-electron chi connectivity index (χ1n) is 8.33. The second-order valence-corrected chi connectivity index (χ2v) is 5.90. The van der Waals surface area contributed by atoms with Gasteiger partial charge >= 0.3 is 0 Å². The summed E-state index contributed by atoms with van der Waals surface area (Å²) in [5, 5.41) is 2.88. The minimum Gasteiger partial charge on any atom is -0.481 e. The highest BCUT2D eigenvalue weighted by molar-refractivity contribution is 5.80. The number of nitrogens with zero attached hydrogens (tertiary/aromatic N) is 2. The first-order valence-corrected chi connectivity index (χ1v) is 8.33. The number of carbonyl (C=O) groups is 1. The zero-order chi connectivity index (χ0) is 18.5. The Morgan fingerprint density at radius 1 is 1.23 bits per heavy atom. The molecule has 3 aromatic rings. The van der Waals surface area contributed by atoms with Crippen LogP contribution in [0.4, 0.5) is 4.39 Å². The average molecular weight is 353 g/mol. The average Bonchev–Trinajstić information content (AvgIpc) is 3.07. The highest BCUT2D eigenvalue weighted by atomic mass is 19.1. The molecule has 134 valence electrons. The van der Waals surface area contributed by atoms with Gasteiger partial charge in [-0.25, -0.2) is 9.37 Å². The van der Waals surface area contributed by atoms with E-state index in [0.717, 1.165) is 17.1 Å². The molecule has 0 fully saturated rings. The molecule has 1 aromatic heterocycles. The number of nitrogens with one attached hydrogen (secondary N) is 1. The van der Waals surface area contributed by atoms with Gasteiger partial charge in [-0.3, -0.25) is 4.79 Å². The number of halogens is 1. The Morgan fingerprint density at radius 2 is 1.96 bits per heavy atom. The van der Waals surface area contributed by atoms with Crippen molar-refractivity contribution in [3.05, 3.63) is 78.1 Å². The maximum absolute atomic E-state index is 12.9. The lowest BCUT2D eigenvalue weighted by molar-refractivity contribution is -0.127. The van der Waals surface area contributed by atoms with E-state index in [1.54, 1.807) is 13.1 Å². The normalized spacial score (nSPS) is 11.8. The van der Waals surface area contributed by atoms with Crippen LogP contribution in [0, 0.1) is 12.7 Å². The molecular formula is C20H20FN3O2. The van der Waals surface area contributed by atoms with Gasteiger partial charge in [0, 0.05) is 18.9 Å². The molecule has 0 saturated heterocycles. The highest BCUT2D eigenvalue weighted by Crippen LogP contribution is 2.16. The molecule has 1 atom stereocenters. The zero-order valence-corrected chi connectivity index (χ0v) is 14.6. The van der Waals surface area contributed by atoms with Crippen molar-refractivity contribution >= 4 is 5.91 Å². The van der Waals surface area contributed by atoms with Crippen molar-refractivity contribution in [1.82, 2.24) is 14.9 Å². The van der Waals surface area contributed by atoms with Crippen LogP contribution in [0.2, 0.25) is 0 Å². The predicted octanol–water partition coefficient (Wildman–Crippen LogP) is 3.40. The van der Waals surface area contributed by atoms with Gasteiger partial charge in [-0.05, 0) is 49.7 Å². The molecule has 0 radical (unpaired) electrons. The zero-order valence-electron chi connectivity index (χ0n) is 14.6. The Bertz CT molecular complexity index is 890. The van der Waals surface area contributed by atoms with Crippen molar-refractivity contribution in [2.75, 3.05) is 0 Å². The topological polar surface area (TPSA) is 56.2 Å². The Hall–Kier alpha value is -3.15. The van der Waals surface area contributed by atoms with Gasteiger partial charge in [0.15, 0.2) is 6.10 Å². The number of amides is 1. The Kier molecular flexibility index (Phi) is 5.31. The van der Waals surface area contributed by atoms with Gasteiger partial charge in [0.2, 0.25) is 0 Å². The largest absolute Gasteiger partial charge is 0.481 e. The van der Waals surface area contributed by atoms with Crippen LogP contribution in [0.5, 0.6) is 5.75 Å². The molecule has 1 amide bonds. The second kappa shape index (κ2) is 7.82. The quantitative estimate of drug-likeness (QED) is 0.739. The minimum atomic E-state index is -0.692. The van der Waals surface area contributed by atoms with Gasteiger partial charge in [0.05, 0.1) is 5.69 Å². The number of imidazole rings is 1. The van der Waals surface area contributed by atoms with Gasteiger partial charge in [-0.1, -0.05) is 18.2 Å². The summed E-state index contributed by atoms with van der Waals surface area (Å²) < 4.78 is 20.5. The molecule has 1 heterocycles. The summed E-state index contributed by atoms with van der Waals surface area (Å²) in [5.74, 6) is 0.729. The maximum atomic E-state index is 12.9. The third kappa shape index (κ3) is 4.08. The lowest BCUT2D eigenvalue weighted by Gasteiger charge is -2.16. The van der Waals surface area contributed by atoms with E-state index in [1.807, 2.05) is 42.0 Å². The van der Waals surface area contributed by atoms with E-state index in [9.17, 15) is 9.18 Å². The van der Waals surface area contributed by atoms with Crippen LogP contribution in [-0.4, -0.2) is 21.6 Å². The molecule has 0 saturated carbocycles. The van der Waals surface area contributed by atoms with E-state index >= 15 is 0 Å². The lowest BCUT2D eigenvalue weighted by atomic mass is 10.1. The van der Waals surface area contributed by atoms with Crippen LogP contribution in [-0.2, 0) is 11.3 Å². The second-order valence-electron chi connectivity index (χ2n) is 5.90. The molecule has 26 heavy (non-hydrogen) atoms. The van der Waals surface area contributed by atoms with Crippen molar-refractivity contribution in [3.8, 4) is 11.4 Å². The van der Waals surface area contributed by atoms with Crippen LogP contribution >= 0.6 is 0 Å². The fourth-order valence-electron chi connectivity index (χ4n) is 2.62. The summed E-state index contributed by atoms with van der Waals surface area (Å²) in [6.07, 6.45) is 2.93. The SMILES string of the molecule is Cc1nccn1-c1ccccc1CNC(=O)C(C)Oc1ccc(F)cc1. The standard InChI is InChI=1S/C20H20FN3O2/c1-14(26-18-9-7-17(21)8-10-18)20(25)23-13-16-5-3-4-6-19(16)24-12-11-22-15(24)2/h3-12,14H,13H2,1-2H3,(H,23,25). The lowest BCUT2D eigenvalue weighted by Crippen LogP contribution is -2.36. The van der Waals surface area contributed by atoms with Crippen LogP contribution in [0.15, 0.2) is 60.9 Å². The predicted molar refractivity (Wildman–Crippen MR) is 96.6 cm³/mol. The Balaban J connectivity index is 1.64. The monoisotopic (exact) mass is 353 g/mol. The number of benzene rings is 2. The summed E-state index contributed by atoms with van der Waals surface area (Å²) >= 11 is 0. The number of hydrogen-bond donors (Lipinski definition) is 1. The van der Waals surface area contributed by atoms with Crippen molar-refractivity contribution in [3.63, 3.8) is 0 Å². The number of carbonyl (C=O) groups excluding carboxylic acids is 1. The Labute approximate surface area is 151 Å². The van der Waals surface area contributed by atoms with Gasteiger partial charge in [-0.2, -0.15) is 0 Å². The molecule has 2 aromatic carbocycles. The fraction of sp³-hybridized carbons (Fsp3) is 0.200. The maximum Gasteiger partial charge on any atom is 0.261 e. The molecule has 0 aliphatic rings. The van der Waals surface area contributed by atoms with Gasteiger partial charge < -0.3 is 14.6 Å². The van der Waals surface area contributed by atoms with Gasteiger partial charge in [0.1, 0.15) is 17.4 Å². The van der Waals surface area contributed by atoms with Crippen molar-refractivity contribution < 1.29 is 13.9 Å². The molecular weight excluding hydrogens is 333 g/mol. The summed E-state index contributed by atoms with van der Waals surface area (Å²) in [4.78, 5) is 16.6. The molecule has 1 N–H and O–H groups in total. The van der Waals surface area contributed by atoms with Crippen LogP contribution < -0.4 is 10.1 Å². The summed E-state index contributed by atoms with van der Waals surface area (Å²) in [7, 11) is 0. The highest BCUT2D eigenvalue weighted by Gasteiger charge is 2.15. The van der Waals surface area contributed by atoms with Crippen LogP contribution in [0.1, 0.15) is 18.3 Å². The van der Waals surface area contributed by atoms with Crippen LogP contribution in [0.3, 0.4) is 0 Å². The summed E-state index contributed by atoms with van der Waals surface area (Å²) in [6, 6.07) is 13.4. The van der Waals surface area contributed by atoms with Crippen LogP contribution in [0.25, 0.3) is 5.69 Å². The first-order chi connectivity index (χ1) is 12.5. The van der Waals surface area contributed by atoms with E-state index in [2.05, 4.69) is 10.3 Å². The van der Waals surface area contributed by atoms with Crippen molar-refractivity contribution in [1.29, 1.82) is 0 Å². The van der Waals surface area contributed by atoms with Crippen molar-refractivity contribution in [2.45, 2.75) is 26.5 Å². The van der Waals surface area contributed by atoms with E-state index in [4.69, 9.17) is 4.74 Å². The molecule has 0 aliphatic carbocycles. The first kappa shape index (κ1) is 17.7. The fourth-order valence-corrected chi connectivity index (χ4v) is 2.62. The summed E-state index contributed by atoms with van der Waals surface area (Å²) in [6.45, 7) is 3.95. The minimum absolute atomic E-state index is 0.244. The molecule has 5 nitrogen and oxygen atoms in total. The number of aromatic nitrogens is 2. The van der Waals surface area contributed by atoms with Gasteiger partial charge in [0.25, 0.3) is 5.91 Å². The van der Waals surface area contributed by atoms with E-state index in [-0.39, 0.29) is 11.7 Å². The van der Waals surface area contributed by atoms with Gasteiger partial charge in [-0.15, -0.1) is 0 Å². The molecule has 1 unspecified atom stereocenters. The molecule has 0 bridgehead atoms. The number of ether oxygens (including phenoxy) is 1. The smallest absolute Gasteiger partial charge is 0.261 e. The summed E-state index contributed by atoms with van der Waals surface area (Å²) in [5.41, 5.74) is 1.94. The third-order valence-corrected chi connectivity index (χ3v) is 4.03. The number of para-hydroxylation sites is 1. The molecule has 6 heteroatoms. The van der Waals surface area contributed by atoms with Crippen molar-refractivity contribution in [2.24, 2.45) is 0 Å². The van der Waals surface area contributed by atoms with E-state index in [0.29, 0.717) is 12.3 Å². The van der Waals surface area contributed by atoms with E-state index in [1.165, 1.54) is 24.3 Å². The number of hydrogen-bond acceptors (Lipinski definition) is 3. The molecule has 0 aliphatic heterocycles. The Morgan fingerprint density at radius 3 is 2.65 bits per heavy atom.